The summed E-state index contributed by atoms with van der Waals surface area (Å²) in [6, 6.07) is 10.9. The quantitative estimate of drug-likeness (QED) is 0.693. The Kier molecular flexibility index (Phi) is 3.55. The van der Waals surface area contributed by atoms with Gasteiger partial charge < -0.3 is 15.4 Å². The van der Waals surface area contributed by atoms with Crippen LogP contribution in [-0.2, 0) is 0 Å². The third-order valence-electron chi connectivity index (χ3n) is 3.62. The zero-order chi connectivity index (χ0) is 15.7. The molecule has 4 nitrogen and oxygen atoms in total. The number of phenols is 1. The lowest BCUT2D eigenvalue weighted by molar-refractivity contribution is 0.0935. The highest BCUT2D eigenvalue weighted by molar-refractivity contribution is 5.95. The van der Waals surface area contributed by atoms with E-state index in [2.05, 4.69) is 10.3 Å². The highest BCUT2D eigenvalue weighted by Crippen LogP contribution is 2.21. The van der Waals surface area contributed by atoms with Crippen LogP contribution in [0.15, 0.2) is 48.7 Å². The van der Waals surface area contributed by atoms with Crippen LogP contribution in [0.3, 0.4) is 0 Å². The molecule has 112 valence electrons. The summed E-state index contributed by atoms with van der Waals surface area (Å²) in [6.45, 7) is 1.83. The number of rotatable bonds is 3. The number of H-pyrrole nitrogens is 1. The van der Waals surface area contributed by atoms with E-state index in [1.54, 1.807) is 0 Å². The number of hydrogen-bond donors (Lipinski definition) is 3. The topological polar surface area (TPSA) is 65.1 Å². The standard InChI is InChI=1S/C17H15FN2O2/c1-10(11-2-5-16-12(8-11)6-7-19-16)20-17(22)14-9-13(21)3-4-15(14)18/h2-10,19,21H,1H3,(H,20,22). The molecular formula is C17H15FN2O2. The van der Waals surface area contributed by atoms with Crippen LogP contribution in [0, 0.1) is 5.82 Å². The van der Waals surface area contributed by atoms with E-state index in [-0.39, 0.29) is 17.4 Å². The summed E-state index contributed by atoms with van der Waals surface area (Å²) in [5.41, 5.74) is 1.76. The molecule has 1 heterocycles. The predicted molar refractivity (Wildman–Crippen MR) is 82.2 cm³/mol. The maximum atomic E-state index is 13.7. The number of carbonyl (C=O) groups is 1. The minimum absolute atomic E-state index is 0.145. The van der Waals surface area contributed by atoms with Crippen molar-refractivity contribution in [1.82, 2.24) is 10.3 Å². The fourth-order valence-corrected chi connectivity index (χ4v) is 2.39. The molecule has 0 fully saturated rings. The molecule has 1 aromatic heterocycles. The number of aromatic hydroxyl groups is 1. The molecule has 0 spiro atoms. The van der Waals surface area contributed by atoms with Gasteiger partial charge in [-0.25, -0.2) is 4.39 Å². The summed E-state index contributed by atoms with van der Waals surface area (Å²) in [5.74, 6) is -1.37. The molecule has 22 heavy (non-hydrogen) atoms. The molecule has 3 N–H and O–H groups in total. The smallest absolute Gasteiger partial charge is 0.254 e. The average molecular weight is 298 g/mol. The van der Waals surface area contributed by atoms with Crippen molar-refractivity contribution in [3.05, 3.63) is 65.6 Å². The lowest BCUT2D eigenvalue weighted by atomic mass is 10.1. The first kappa shape index (κ1) is 14.1. The maximum absolute atomic E-state index is 13.7. The molecule has 0 aliphatic rings. The summed E-state index contributed by atoms with van der Waals surface area (Å²) in [7, 11) is 0. The Hall–Kier alpha value is -2.82. The monoisotopic (exact) mass is 298 g/mol. The van der Waals surface area contributed by atoms with Gasteiger partial charge in [0, 0.05) is 11.7 Å². The van der Waals surface area contributed by atoms with Crippen molar-refractivity contribution < 1.29 is 14.3 Å². The molecular weight excluding hydrogens is 283 g/mol. The first-order valence-corrected chi connectivity index (χ1v) is 6.91. The molecule has 0 saturated carbocycles. The summed E-state index contributed by atoms with van der Waals surface area (Å²) < 4.78 is 13.7. The van der Waals surface area contributed by atoms with Gasteiger partial charge in [0.25, 0.3) is 5.91 Å². The number of phenolic OH excluding ortho intramolecular Hbond substituents is 1. The van der Waals surface area contributed by atoms with Crippen LogP contribution < -0.4 is 5.32 Å². The SMILES string of the molecule is CC(NC(=O)c1cc(O)ccc1F)c1ccc2[nH]ccc2c1. The van der Waals surface area contributed by atoms with Gasteiger partial charge in [0.1, 0.15) is 11.6 Å². The Labute approximate surface area is 126 Å². The van der Waals surface area contributed by atoms with E-state index in [0.29, 0.717) is 0 Å². The molecule has 1 amide bonds. The number of aromatic nitrogens is 1. The van der Waals surface area contributed by atoms with Gasteiger partial charge in [0.2, 0.25) is 0 Å². The van der Waals surface area contributed by atoms with Gasteiger partial charge >= 0.3 is 0 Å². The van der Waals surface area contributed by atoms with Crippen molar-refractivity contribution in [2.75, 3.05) is 0 Å². The minimum atomic E-state index is -0.663. The fraction of sp³-hybridized carbons (Fsp3) is 0.118. The molecule has 5 heteroatoms. The molecule has 0 aliphatic carbocycles. The van der Waals surface area contributed by atoms with Crippen LogP contribution in [0.5, 0.6) is 5.75 Å². The Balaban J connectivity index is 1.82. The summed E-state index contributed by atoms with van der Waals surface area (Å²) in [5, 5.41) is 13.2. The Bertz CT molecular complexity index is 842. The van der Waals surface area contributed by atoms with Crippen molar-refractivity contribution >= 4 is 16.8 Å². The van der Waals surface area contributed by atoms with Gasteiger partial charge in [0.05, 0.1) is 11.6 Å². The van der Waals surface area contributed by atoms with E-state index >= 15 is 0 Å². The van der Waals surface area contributed by atoms with Crippen LogP contribution >= 0.6 is 0 Å². The van der Waals surface area contributed by atoms with E-state index in [1.807, 2.05) is 37.4 Å². The lowest BCUT2D eigenvalue weighted by Crippen LogP contribution is -2.27. The van der Waals surface area contributed by atoms with Crippen molar-refractivity contribution in [3.8, 4) is 5.75 Å². The number of halogens is 1. The summed E-state index contributed by atoms with van der Waals surface area (Å²) in [4.78, 5) is 15.2. The van der Waals surface area contributed by atoms with Gasteiger partial charge in [0.15, 0.2) is 0 Å². The number of nitrogens with one attached hydrogen (secondary N) is 2. The zero-order valence-electron chi connectivity index (χ0n) is 11.9. The number of benzene rings is 2. The Morgan fingerprint density at radius 1 is 1.23 bits per heavy atom. The van der Waals surface area contributed by atoms with Crippen LogP contribution in [-0.4, -0.2) is 16.0 Å². The van der Waals surface area contributed by atoms with Crippen LogP contribution in [0.1, 0.15) is 28.9 Å². The highest BCUT2D eigenvalue weighted by Gasteiger charge is 2.16. The van der Waals surface area contributed by atoms with E-state index in [9.17, 15) is 14.3 Å². The second-order valence-corrected chi connectivity index (χ2v) is 5.18. The molecule has 3 rings (SSSR count). The van der Waals surface area contributed by atoms with Crippen molar-refractivity contribution in [2.45, 2.75) is 13.0 Å². The molecule has 2 aromatic carbocycles. The minimum Gasteiger partial charge on any atom is -0.508 e. The van der Waals surface area contributed by atoms with Gasteiger partial charge in [-0.3, -0.25) is 4.79 Å². The predicted octanol–water partition coefficient (Wildman–Crippen LogP) is 3.50. The second kappa shape index (κ2) is 5.52. The number of fused-ring (bicyclic) bond motifs is 1. The third kappa shape index (κ3) is 2.65. The Morgan fingerprint density at radius 2 is 2.05 bits per heavy atom. The van der Waals surface area contributed by atoms with Crippen molar-refractivity contribution in [2.24, 2.45) is 0 Å². The molecule has 1 atom stereocenters. The number of aromatic amines is 1. The lowest BCUT2D eigenvalue weighted by Gasteiger charge is -2.15. The van der Waals surface area contributed by atoms with Gasteiger partial charge in [-0.15, -0.1) is 0 Å². The maximum Gasteiger partial charge on any atom is 0.254 e. The Morgan fingerprint density at radius 3 is 2.86 bits per heavy atom. The van der Waals surface area contributed by atoms with Crippen molar-refractivity contribution in [1.29, 1.82) is 0 Å². The summed E-state index contributed by atoms with van der Waals surface area (Å²) >= 11 is 0. The largest absolute Gasteiger partial charge is 0.508 e. The number of hydrogen-bond acceptors (Lipinski definition) is 2. The molecule has 3 aromatic rings. The van der Waals surface area contributed by atoms with Crippen LogP contribution in [0.4, 0.5) is 4.39 Å². The van der Waals surface area contributed by atoms with Gasteiger partial charge in [-0.1, -0.05) is 6.07 Å². The van der Waals surface area contributed by atoms with E-state index in [1.165, 1.54) is 6.07 Å². The fourth-order valence-electron chi connectivity index (χ4n) is 2.39. The summed E-state index contributed by atoms with van der Waals surface area (Å²) in [6.07, 6.45) is 1.85. The van der Waals surface area contributed by atoms with Crippen LogP contribution in [0.2, 0.25) is 0 Å². The molecule has 0 aliphatic heterocycles. The molecule has 0 saturated heterocycles. The molecule has 0 radical (unpaired) electrons. The first-order chi connectivity index (χ1) is 10.5. The van der Waals surface area contributed by atoms with Gasteiger partial charge in [-0.2, -0.15) is 0 Å². The van der Waals surface area contributed by atoms with E-state index in [4.69, 9.17) is 0 Å². The second-order valence-electron chi connectivity index (χ2n) is 5.18. The normalized spacial score (nSPS) is 12.3. The first-order valence-electron chi connectivity index (χ1n) is 6.91. The van der Waals surface area contributed by atoms with Crippen LogP contribution in [0.25, 0.3) is 10.9 Å². The van der Waals surface area contributed by atoms with E-state index in [0.717, 1.165) is 28.6 Å². The third-order valence-corrected chi connectivity index (χ3v) is 3.62. The highest BCUT2D eigenvalue weighted by atomic mass is 19.1. The molecule has 1 unspecified atom stereocenters. The number of amides is 1. The van der Waals surface area contributed by atoms with E-state index < -0.39 is 11.7 Å². The zero-order valence-corrected chi connectivity index (χ0v) is 11.9. The van der Waals surface area contributed by atoms with Crippen molar-refractivity contribution in [3.63, 3.8) is 0 Å². The van der Waals surface area contributed by atoms with Gasteiger partial charge in [-0.05, 0) is 54.3 Å². The average Bonchev–Trinajstić information content (AvgIpc) is 2.97. The number of carbonyl (C=O) groups excluding carboxylic acids is 1. The molecule has 0 bridgehead atoms.